The monoisotopic (exact) mass is 400 g/mol. The molecule has 28 heavy (non-hydrogen) atoms. The first-order valence-corrected chi connectivity index (χ1v) is 10.9. The van der Waals surface area contributed by atoms with E-state index in [4.69, 9.17) is 0 Å². The molecule has 0 radical (unpaired) electrons. The van der Waals surface area contributed by atoms with Crippen molar-refractivity contribution < 1.29 is 9.59 Å². The number of carbonyl (C=O) groups excluding carboxylic acids is 2. The van der Waals surface area contributed by atoms with Crippen LogP contribution in [0.3, 0.4) is 0 Å². The molecule has 150 valence electrons. The van der Waals surface area contributed by atoms with E-state index in [1.807, 2.05) is 12.1 Å². The fourth-order valence-corrected chi connectivity index (χ4v) is 4.49. The van der Waals surface area contributed by atoms with Gasteiger partial charge in [-0.3, -0.25) is 24.4 Å². The maximum Gasteiger partial charge on any atom is 0.274 e. The molecule has 2 saturated heterocycles. The summed E-state index contributed by atoms with van der Waals surface area (Å²) in [5, 5.41) is 4.54. The summed E-state index contributed by atoms with van der Waals surface area (Å²) >= 11 is 1.55. The molecule has 1 N–H and O–H groups in total. The molecule has 0 unspecified atom stereocenters. The van der Waals surface area contributed by atoms with Crippen molar-refractivity contribution in [1.82, 2.24) is 9.80 Å². The third kappa shape index (κ3) is 5.77. The molecule has 1 amide bonds. The number of carbonyl (C=O) groups is 2. The average molecular weight is 401 g/mol. The minimum absolute atomic E-state index is 0.266. The predicted octanol–water partition coefficient (Wildman–Crippen LogP) is 3.36. The summed E-state index contributed by atoms with van der Waals surface area (Å²) in [7, 11) is 0. The lowest BCUT2D eigenvalue weighted by Gasteiger charge is -2.16. The number of nitrogens with one attached hydrogen (secondary N) is 1. The Kier molecular flexibility index (Phi) is 7.82. The molecule has 2 aliphatic rings. The van der Waals surface area contributed by atoms with Crippen LogP contribution in [0, 0.1) is 0 Å². The van der Waals surface area contributed by atoms with Gasteiger partial charge in [0.2, 0.25) is 0 Å². The van der Waals surface area contributed by atoms with Crippen LogP contribution in [0.25, 0.3) is 0 Å². The van der Waals surface area contributed by atoms with Crippen molar-refractivity contribution in [3.8, 4) is 0 Å². The fourth-order valence-electron chi connectivity index (χ4n) is 3.60. The van der Waals surface area contributed by atoms with Crippen LogP contribution >= 0.6 is 11.8 Å². The van der Waals surface area contributed by atoms with Crippen molar-refractivity contribution in [3.63, 3.8) is 0 Å². The number of amides is 1. The molecule has 2 heterocycles. The molecular formula is C21H28N4O2S. The van der Waals surface area contributed by atoms with Gasteiger partial charge in [0.1, 0.15) is 5.70 Å². The number of hydrogen-bond donors (Lipinski definition) is 1. The lowest BCUT2D eigenvalue weighted by Crippen LogP contribution is -2.19. The predicted molar refractivity (Wildman–Crippen MR) is 116 cm³/mol. The Balaban J connectivity index is 1.60. The molecule has 0 atom stereocenters. The molecule has 0 aliphatic carbocycles. The summed E-state index contributed by atoms with van der Waals surface area (Å²) in [4.78, 5) is 32.7. The first kappa shape index (κ1) is 20.8. The SMILES string of the molecule is C=N/C(=C\SCN1CCCC1)C(=O)Nc1ccc(CN2CCCC2)cc1C=O. The second-order valence-electron chi connectivity index (χ2n) is 7.26. The molecule has 0 saturated carbocycles. The highest BCUT2D eigenvalue weighted by Crippen LogP contribution is 2.21. The second-order valence-corrected chi connectivity index (χ2v) is 8.09. The molecule has 0 bridgehead atoms. The summed E-state index contributed by atoms with van der Waals surface area (Å²) in [6.45, 7) is 8.76. The summed E-state index contributed by atoms with van der Waals surface area (Å²) < 4.78 is 0. The van der Waals surface area contributed by atoms with E-state index in [2.05, 4.69) is 26.8 Å². The third-order valence-corrected chi connectivity index (χ3v) is 6.05. The van der Waals surface area contributed by atoms with E-state index in [1.165, 1.54) is 25.7 Å². The Labute approximate surface area is 171 Å². The molecule has 1 aromatic carbocycles. The van der Waals surface area contributed by atoms with Crippen LogP contribution < -0.4 is 5.32 Å². The van der Waals surface area contributed by atoms with Gasteiger partial charge in [0.25, 0.3) is 5.91 Å². The Morgan fingerprint density at radius 3 is 2.46 bits per heavy atom. The largest absolute Gasteiger partial charge is 0.320 e. The van der Waals surface area contributed by atoms with E-state index in [1.54, 1.807) is 23.2 Å². The molecule has 0 spiro atoms. The zero-order valence-electron chi connectivity index (χ0n) is 16.2. The van der Waals surface area contributed by atoms with Crippen molar-refractivity contribution in [2.24, 2.45) is 4.99 Å². The average Bonchev–Trinajstić information content (AvgIpc) is 3.40. The van der Waals surface area contributed by atoms with Crippen LogP contribution in [0.1, 0.15) is 41.6 Å². The van der Waals surface area contributed by atoms with E-state index >= 15 is 0 Å². The normalized spacial score (nSPS) is 18.4. The van der Waals surface area contributed by atoms with Gasteiger partial charge in [0.05, 0.1) is 5.69 Å². The summed E-state index contributed by atoms with van der Waals surface area (Å²) in [5.74, 6) is 0.496. The van der Waals surface area contributed by atoms with Crippen LogP contribution in [-0.2, 0) is 11.3 Å². The second kappa shape index (κ2) is 10.5. The van der Waals surface area contributed by atoms with Crippen molar-refractivity contribution >= 4 is 36.4 Å². The van der Waals surface area contributed by atoms with Crippen molar-refractivity contribution in [2.45, 2.75) is 32.2 Å². The van der Waals surface area contributed by atoms with Crippen molar-refractivity contribution in [2.75, 3.05) is 37.4 Å². The van der Waals surface area contributed by atoms with Gasteiger partial charge in [0, 0.05) is 23.4 Å². The minimum atomic E-state index is -0.348. The topological polar surface area (TPSA) is 65.0 Å². The molecule has 0 aromatic heterocycles. The summed E-state index contributed by atoms with van der Waals surface area (Å²) in [6.07, 6.45) is 5.72. The Hall–Kier alpha value is -1.96. The lowest BCUT2D eigenvalue weighted by molar-refractivity contribution is -0.112. The third-order valence-electron chi connectivity index (χ3n) is 5.15. The number of nitrogens with zero attached hydrogens (tertiary/aromatic N) is 3. The first-order valence-electron chi connectivity index (χ1n) is 9.82. The van der Waals surface area contributed by atoms with Gasteiger partial charge in [-0.05, 0) is 76.3 Å². The molecule has 1 aromatic rings. The number of aliphatic imine (C=N–C) groups is 1. The van der Waals surface area contributed by atoms with Crippen molar-refractivity contribution in [3.05, 3.63) is 40.4 Å². The van der Waals surface area contributed by atoms with E-state index in [0.717, 1.165) is 50.5 Å². The summed E-state index contributed by atoms with van der Waals surface area (Å²) in [6, 6.07) is 5.62. The van der Waals surface area contributed by atoms with E-state index in [9.17, 15) is 9.59 Å². The molecular weight excluding hydrogens is 372 g/mol. The maximum absolute atomic E-state index is 12.5. The van der Waals surface area contributed by atoms with Gasteiger partial charge in [-0.25, -0.2) is 0 Å². The standard InChI is InChI=1S/C21H28N4O2S/c1-22-20(15-28-16-25-10-4-5-11-25)21(27)23-19-7-6-17(12-18(19)14-26)13-24-8-2-3-9-24/h6-7,12,14-15H,1-5,8-11,13,16H2,(H,23,27)/b20-15-. The minimum Gasteiger partial charge on any atom is -0.320 e. The Morgan fingerprint density at radius 2 is 1.82 bits per heavy atom. The number of aldehydes is 1. The van der Waals surface area contributed by atoms with Gasteiger partial charge >= 0.3 is 0 Å². The van der Waals surface area contributed by atoms with Crippen LogP contribution in [0.5, 0.6) is 0 Å². The molecule has 2 fully saturated rings. The van der Waals surface area contributed by atoms with Crippen LogP contribution in [-0.4, -0.2) is 60.8 Å². The lowest BCUT2D eigenvalue weighted by atomic mass is 10.1. The molecule has 6 nitrogen and oxygen atoms in total. The maximum atomic E-state index is 12.5. The fraction of sp³-hybridized carbons (Fsp3) is 0.476. The van der Waals surface area contributed by atoms with E-state index in [0.29, 0.717) is 11.3 Å². The van der Waals surface area contributed by atoms with E-state index < -0.39 is 0 Å². The number of thioether (sulfide) groups is 1. The number of hydrogen-bond acceptors (Lipinski definition) is 6. The first-order chi connectivity index (χ1) is 13.7. The smallest absolute Gasteiger partial charge is 0.274 e. The number of anilines is 1. The zero-order valence-corrected chi connectivity index (χ0v) is 17.0. The molecule has 7 heteroatoms. The highest BCUT2D eigenvalue weighted by molar-refractivity contribution is 8.02. The van der Waals surface area contributed by atoms with Gasteiger partial charge < -0.3 is 5.32 Å². The van der Waals surface area contributed by atoms with Gasteiger partial charge in [0.15, 0.2) is 6.29 Å². The van der Waals surface area contributed by atoms with Crippen LogP contribution in [0.4, 0.5) is 5.69 Å². The Morgan fingerprint density at radius 1 is 1.14 bits per heavy atom. The van der Waals surface area contributed by atoms with Gasteiger partial charge in [-0.1, -0.05) is 6.07 Å². The van der Waals surface area contributed by atoms with Crippen LogP contribution in [0.15, 0.2) is 34.3 Å². The summed E-state index contributed by atoms with van der Waals surface area (Å²) in [5.41, 5.74) is 2.34. The molecule has 3 rings (SSSR count). The quantitative estimate of drug-likeness (QED) is 0.391. The highest BCUT2D eigenvalue weighted by atomic mass is 32.2. The highest BCUT2D eigenvalue weighted by Gasteiger charge is 2.15. The zero-order chi connectivity index (χ0) is 19.8. The molecule has 2 aliphatic heterocycles. The van der Waals surface area contributed by atoms with Gasteiger partial charge in [-0.15, -0.1) is 11.8 Å². The number of benzene rings is 1. The number of rotatable bonds is 9. The number of likely N-dealkylation sites (tertiary alicyclic amines) is 2. The van der Waals surface area contributed by atoms with E-state index in [-0.39, 0.29) is 11.6 Å². The van der Waals surface area contributed by atoms with Gasteiger partial charge in [-0.2, -0.15) is 0 Å². The van der Waals surface area contributed by atoms with Crippen molar-refractivity contribution in [1.29, 1.82) is 0 Å². The van der Waals surface area contributed by atoms with Crippen LogP contribution in [0.2, 0.25) is 0 Å². The Bertz CT molecular complexity index is 738.